The highest BCUT2D eigenvalue weighted by molar-refractivity contribution is 7.93. The summed E-state index contributed by atoms with van der Waals surface area (Å²) in [4.78, 5) is 8.38. The van der Waals surface area contributed by atoms with E-state index in [-0.39, 0.29) is 29.2 Å². The smallest absolute Gasteiger partial charge is 0.188 e. The molecule has 30 heavy (non-hydrogen) atoms. The van der Waals surface area contributed by atoms with Gasteiger partial charge in [0.25, 0.3) is 0 Å². The van der Waals surface area contributed by atoms with Crippen molar-refractivity contribution in [2.24, 2.45) is 10.7 Å². The summed E-state index contributed by atoms with van der Waals surface area (Å²) in [7, 11) is -3.67. The molecule has 0 amide bonds. The Morgan fingerprint density at radius 2 is 1.93 bits per heavy atom. The van der Waals surface area contributed by atoms with Crippen LogP contribution in [0.15, 0.2) is 40.0 Å². The average molecular weight is 434 g/mol. The largest absolute Gasteiger partial charge is 0.386 e. The summed E-state index contributed by atoms with van der Waals surface area (Å²) in [5.41, 5.74) is 6.41. The number of benzene rings is 1. The molecule has 0 saturated heterocycles. The molecule has 0 radical (unpaired) electrons. The Hall–Kier alpha value is -2.88. The third-order valence-corrected chi connectivity index (χ3v) is 8.27. The van der Waals surface area contributed by atoms with Crippen LogP contribution in [0.4, 0.5) is 8.78 Å². The fourth-order valence-electron chi connectivity index (χ4n) is 3.54. The van der Waals surface area contributed by atoms with Gasteiger partial charge in [-0.3, -0.25) is 4.99 Å². The molecule has 2 aromatic heterocycles. The predicted octanol–water partition coefficient (Wildman–Crippen LogP) is 2.87. The molecule has 1 atom stereocenters. The van der Waals surface area contributed by atoms with Gasteiger partial charge in [-0.1, -0.05) is 17.3 Å². The summed E-state index contributed by atoms with van der Waals surface area (Å²) in [6, 6.07) is 5.54. The van der Waals surface area contributed by atoms with Crippen LogP contribution >= 0.6 is 0 Å². The normalized spacial score (nSPS) is 22.8. The van der Waals surface area contributed by atoms with Crippen LogP contribution in [0, 0.1) is 11.6 Å². The third-order valence-electron chi connectivity index (χ3n) is 5.56. The van der Waals surface area contributed by atoms with Gasteiger partial charge in [0.15, 0.2) is 15.4 Å². The lowest BCUT2D eigenvalue weighted by atomic mass is 9.91. The van der Waals surface area contributed by atoms with Crippen LogP contribution in [0.5, 0.6) is 0 Å². The molecule has 0 bridgehead atoms. The van der Waals surface area contributed by atoms with E-state index in [0.29, 0.717) is 16.8 Å². The number of hydrogen-bond acceptors (Lipinski definition) is 7. The zero-order valence-corrected chi connectivity index (χ0v) is 17.4. The molecule has 158 valence electrons. The molecule has 0 unspecified atom stereocenters. The third kappa shape index (κ3) is 3.15. The van der Waals surface area contributed by atoms with E-state index in [4.69, 9.17) is 10.3 Å². The Kier molecular flexibility index (Phi) is 4.46. The highest BCUT2D eigenvalue weighted by Gasteiger charge is 2.49. The van der Waals surface area contributed by atoms with Crippen LogP contribution in [0.3, 0.4) is 0 Å². The maximum absolute atomic E-state index is 14.8. The van der Waals surface area contributed by atoms with E-state index in [1.165, 1.54) is 26.0 Å². The van der Waals surface area contributed by atoms with E-state index in [0.717, 1.165) is 6.20 Å². The maximum Gasteiger partial charge on any atom is 0.188 e. The van der Waals surface area contributed by atoms with Crippen molar-refractivity contribution in [3.05, 3.63) is 58.9 Å². The highest BCUT2D eigenvalue weighted by atomic mass is 32.2. The second-order valence-corrected chi connectivity index (χ2v) is 10.7. The molecule has 2 N–H and O–H groups in total. The first-order chi connectivity index (χ1) is 13.9. The first kappa shape index (κ1) is 20.4. The lowest BCUT2D eigenvalue weighted by Gasteiger charge is -2.38. The molecule has 1 aliphatic rings. The molecule has 10 heteroatoms. The molecule has 0 saturated carbocycles. The lowest BCUT2D eigenvalue weighted by molar-refractivity contribution is 0.446. The zero-order valence-electron chi connectivity index (χ0n) is 16.6. The monoisotopic (exact) mass is 434 g/mol. The van der Waals surface area contributed by atoms with Crippen molar-refractivity contribution in [3.8, 4) is 0 Å². The van der Waals surface area contributed by atoms with Gasteiger partial charge in [0.05, 0.1) is 11.9 Å². The Morgan fingerprint density at radius 3 is 2.63 bits per heavy atom. The number of sulfone groups is 1. The number of aromatic nitrogens is 2. The molecule has 3 aromatic rings. The molecule has 7 nitrogen and oxygen atoms in total. The number of amidine groups is 1. The van der Waals surface area contributed by atoms with Gasteiger partial charge in [-0.25, -0.2) is 22.2 Å². The van der Waals surface area contributed by atoms with Crippen LogP contribution in [-0.2, 0) is 21.8 Å². The summed E-state index contributed by atoms with van der Waals surface area (Å²) in [6.45, 7) is 4.52. The number of fused-ring (bicyclic) bond motifs is 1. The van der Waals surface area contributed by atoms with Crippen molar-refractivity contribution in [2.45, 2.75) is 37.5 Å². The van der Waals surface area contributed by atoms with Crippen molar-refractivity contribution in [1.82, 2.24) is 10.1 Å². The minimum absolute atomic E-state index is 0.0604. The van der Waals surface area contributed by atoms with E-state index in [9.17, 15) is 17.2 Å². The number of halogens is 2. The summed E-state index contributed by atoms with van der Waals surface area (Å²) in [6.07, 6.45) is 1.29. The number of nitrogens with zero attached hydrogens (tertiary/aromatic N) is 3. The molecule has 0 aliphatic carbocycles. The number of pyridine rings is 1. The highest BCUT2D eigenvalue weighted by Crippen LogP contribution is 2.38. The summed E-state index contributed by atoms with van der Waals surface area (Å²) in [5.74, 6) is -1.56. The van der Waals surface area contributed by atoms with Gasteiger partial charge in [-0.15, -0.1) is 0 Å². The summed E-state index contributed by atoms with van der Waals surface area (Å²) in [5, 5.41) is 3.93. The first-order valence-corrected chi connectivity index (χ1v) is 10.8. The van der Waals surface area contributed by atoms with Crippen molar-refractivity contribution in [3.63, 3.8) is 0 Å². The topological polar surface area (TPSA) is 111 Å². The Bertz CT molecular complexity index is 1300. The van der Waals surface area contributed by atoms with Gasteiger partial charge >= 0.3 is 0 Å². The van der Waals surface area contributed by atoms with Crippen molar-refractivity contribution in [2.75, 3.05) is 5.75 Å². The minimum Gasteiger partial charge on any atom is -0.386 e. The van der Waals surface area contributed by atoms with E-state index in [1.54, 1.807) is 19.1 Å². The van der Waals surface area contributed by atoms with Crippen LogP contribution < -0.4 is 5.73 Å². The second kappa shape index (κ2) is 6.56. The molecular formula is C20H20F2N4O3S. The Morgan fingerprint density at radius 1 is 1.20 bits per heavy atom. The van der Waals surface area contributed by atoms with E-state index < -0.39 is 31.8 Å². The Balaban J connectivity index is 1.76. The van der Waals surface area contributed by atoms with Crippen molar-refractivity contribution < 1.29 is 21.7 Å². The van der Waals surface area contributed by atoms with Gasteiger partial charge < -0.3 is 10.3 Å². The predicted molar refractivity (Wildman–Crippen MR) is 108 cm³/mol. The Labute approximate surface area is 171 Å². The lowest BCUT2D eigenvalue weighted by Crippen LogP contribution is -2.55. The number of hydrogen-bond donors (Lipinski definition) is 1. The molecule has 1 aromatic carbocycles. The average Bonchev–Trinajstić information content (AvgIpc) is 3.03. The quantitative estimate of drug-likeness (QED) is 0.679. The van der Waals surface area contributed by atoms with Crippen LogP contribution in [0.2, 0.25) is 0 Å². The van der Waals surface area contributed by atoms with Gasteiger partial charge in [-0.05, 0) is 32.4 Å². The molecule has 1 aliphatic heterocycles. The van der Waals surface area contributed by atoms with Crippen LogP contribution in [0.25, 0.3) is 11.1 Å². The van der Waals surface area contributed by atoms with Crippen LogP contribution in [0.1, 0.15) is 37.6 Å². The van der Waals surface area contributed by atoms with E-state index in [2.05, 4.69) is 15.1 Å². The standard InChI is InChI=1S/C20H20F2N4O3S/c1-19(2)18(23)25-20(3,10-30(19,27)28)13-6-11(4-5-14(13)22)7-15-17-16(29-26-15)8-12(21)9-24-17/h4-6,8-9H,7,10H2,1-3H3,(H2,23,25)/t20-/m1/s1. The van der Waals surface area contributed by atoms with Gasteiger partial charge in [-0.2, -0.15) is 0 Å². The fraction of sp³-hybridized carbons (Fsp3) is 0.350. The van der Waals surface area contributed by atoms with Crippen molar-refractivity contribution in [1.29, 1.82) is 0 Å². The SMILES string of the molecule is CC1(C)C(N)=N[C@@](C)(c2cc(Cc3noc4cc(F)cnc34)ccc2F)CS1(=O)=O. The van der Waals surface area contributed by atoms with Crippen LogP contribution in [-0.4, -0.2) is 34.9 Å². The number of aliphatic imine (C=N–C) groups is 1. The summed E-state index contributed by atoms with van der Waals surface area (Å²) >= 11 is 0. The number of rotatable bonds is 3. The zero-order chi connectivity index (χ0) is 21.9. The number of nitrogens with two attached hydrogens (primary N) is 1. The molecule has 0 spiro atoms. The first-order valence-electron chi connectivity index (χ1n) is 9.20. The molecular weight excluding hydrogens is 414 g/mol. The van der Waals surface area contributed by atoms with E-state index >= 15 is 0 Å². The second-order valence-electron chi connectivity index (χ2n) is 8.16. The van der Waals surface area contributed by atoms with Crippen molar-refractivity contribution >= 4 is 26.8 Å². The minimum atomic E-state index is -3.67. The molecule has 3 heterocycles. The maximum atomic E-state index is 14.8. The van der Waals surface area contributed by atoms with Gasteiger partial charge in [0.1, 0.15) is 39.0 Å². The van der Waals surface area contributed by atoms with Gasteiger partial charge in [0.2, 0.25) is 0 Å². The summed E-state index contributed by atoms with van der Waals surface area (Å²) < 4.78 is 57.4. The van der Waals surface area contributed by atoms with E-state index in [1.807, 2.05) is 0 Å². The molecule has 0 fully saturated rings. The molecule has 4 rings (SSSR count). The van der Waals surface area contributed by atoms with Gasteiger partial charge in [0, 0.05) is 18.1 Å². The fourth-order valence-corrected chi connectivity index (χ4v) is 5.22.